The first kappa shape index (κ1) is 16.5. The molecule has 1 saturated heterocycles. The summed E-state index contributed by atoms with van der Waals surface area (Å²) in [6.45, 7) is 6.93. The zero-order valence-electron chi connectivity index (χ0n) is 14.2. The van der Waals surface area contributed by atoms with Gasteiger partial charge in [-0.1, -0.05) is 48.0 Å². The Morgan fingerprint density at radius 3 is 2.46 bits per heavy atom. The van der Waals surface area contributed by atoms with Crippen molar-refractivity contribution in [2.45, 2.75) is 13.5 Å². The Hall–Kier alpha value is -2.33. The number of carbonyl (C=O) groups excluding carboxylic acids is 1. The molecule has 2 aromatic carbocycles. The Balaban J connectivity index is 1.42. The highest BCUT2D eigenvalue weighted by atomic mass is 16.2. The highest BCUT2D eigenvalue weighted by Crippen LogP contribution is 2.15. The quantitative estimate of drug-likeness (QED) is 0.918. The minimum Gasteiger partial charge on any atom is -0.369 e. The first-order chi connectivity index (χ1) is 11.7. The summed E-state index contributed by atoms with van der Waals surface area (Å²) in [6.07, 6.45) is 0. The highest BCUT2D eigenvalue weighted by molar-refractivity contribution is 5.78. The number of para-hydroxylation sites is 1. The van der Waals surface area contributed by atoms with E-state index >= 15 is 0 Å². The van der Waals surface area contributed by atoms with Crippen molar-refractivity contribution in [3.63, 3.8) is 0 Å². The number of piperazine rings is 1. The Bertz CT molecular complexity index is 664. The summed E-state index contributed by atoms with van der Waals surface area (Å²) >= 11 is 0. The summed E-state index contributed by atoms with van der Waals surface area (Å²) in [4.78, 5) is 16.8. The smallest absolute Gasteiger partial charge is 0.234 e. The summed E-state index contributed by atoms with van der Waals surface area (Å²) in [5.41, 5.74) is 3.64. The molecule has 0 atom stereocenters. The fraction of sp³-hybridized carbons (Fsp3) is 0.350. The van der Waals surface area contributed by atoms with Gasteiger partial charge in [-0.25, -0.2) is 0 Å². The molecule has 4 nitrogen and oxygen atoms in total. The average molecular weight is 323 g/mol. The molecule has 0 unspecified atom stereocenters. The van der Waals surface area contributed by atoms with Crippen LogP contribution in [0.15, 0.2) is 54.6 Å². The number of amides is 1. The second kappa shape index (κ2) is 7.97. The monoisotopic (exact) mass is 323 g/mol. The van der Waals surface area contributed by atoms with Crippen LogP contribution in [0.4, 0.5) is 5.69 Å². The number of carbonyl (C=O) groups is 1. The molecule has 1 amide bonds. The van der Waals surface area contributed by atoms with E-state index in [1.807, 2.05) is 18.2 Å². The lowest BCUT2D eigenvalue weighted by atomic mass is 10.1. The van der Waals surface area contributed by atoms with Crippen LogP contribution in [0.5, 0.6) is 0 Å². The van der Waals surface area contributed by atoms with Gasteiger partial charge in [0.15, 0.2) is 0 Å². The van der Waals surface area contributed by atoms with E-state index in [4.69, 9.17) is 0 Å². The number of rotatable bonds is 5. The van der Waals surface area contributed by atoms with Crippen LogP contribution in [-0.4, -0.2) is 43.5 Å². The van der Waals surface area contributed by atoms with Crippen LogP contribution in [0.1, 0.15) is 11.1 Å². The van der Waals surface area contributed by atoms with Crippen molar-refractivity contribution >= 4 is 11.6 Å². The van der Waals surface area contributed by atoms with Crippen molar-refractivity contribution < 1.29 is 4.79 Å². The number of aryl methyl sites for hydroxylation is 1. The van der Waals surface area contributed by atoms with Crippen LogP contribution >= 0.6 is 0 Å². The Labute approximate surface area is 144 Å². The maximum Gasteiger partial charge on any atom is 0.234 e. The molecule has 1 aliphatic rings. The first-order valence-corrected chi connectivity index (χ1v) is 8.55. The molecule has 3 rings (SSSR count). The second-order valence-corrected chi connectivity index (χ2v) is 6.36. The third-order valence-corrected chi connectivity index (χ3v) is 4.43. The SMILES string of the molecule is Cc1cccc(CNC(=O)CN2CCN(c3ccccc3)CC2)c1. The molecule has 1 aliphatic heterocycles. The van der Waals surface area contributed by atoms with Crippen molar-refractivity contribution in [2.24, 2.45) is 0 Å². The molecule has 0 radical (unpaired) electrons. The summed E-state index contributed by atoms with van der Waals surface area (Å²) in [6, 6.07) is 18.7. The molecular formula is C20H25N3O. The van der Waals surface area contributed by atoms with E-state index in [9.17, 15) is 4.79 Å². The zero-order chi connectivity index (χ0) is 16.8. The van der Waals surface area contributed by atoms with Crippen LogP contribution in [0.2, 0.25) is 0 Å². The number of anilines is 1. The van der Waals surface area contributed by atoms with Crippen LogP contribution in [-0.2, 0) is 11.3 Å². The van der Waals surface area contributed by atoms with Crippen molar-refractivity contribution in [3.8, 4) is 0 Å². The topological polar surface area (TPSA) is 35.6 Å². The van der Waals surface area contributed by atoms with Crippen molar-refractivity contribution in [1.29, 1.82) is 0 Å². The van der Waals surface area contributed by atoms with Gasteiger partial charge in [0, 0.05) is 38.4 Å². The summed E-state index contributed by atoms with van der Waals surface area (Å²) in [5.74, 6) is 0.102. The van der Waals surface area contributed by atoms with E-state index in [0.29, 0.717) is 13.1 Å². The first-order valence-electron chi connectivity index (χ1n) is 8.55. The molecule has 1 heterocycles. The number of hydrogen-bond acceptors (Lipinski definition) is 3. The van der Waals surface area contributed by atoms with Crippen LogP contribution in [0.3, 0.4) is 0 Å². The van der Waals surface area contributed by atoms with Crippen molar-refractivity contribution in [3.05, 3.63) is 65.7 Å². The molecule has 126 valence electrons. The number of benzene rings is 2. The van der Waals surface area contributed by atoms with Gasteiger partial charge in [0.05, 0.1) is 6.54 Å². The van der Waals surface area contributed by atoms with Gasteiger partial charge < -0.3 is 10.2 Å². The minimum absolute atomic E-state index is 0.102. The van der Waals surface area contributed by atoms with Crippen LogP contribution < -0.4 is 10.2 Å². The lowest BCUT2D eigenvalue weighted by Crippen LogP contribution is -2.49. The molecule has 4 heteroatoms. The normalized spacial score (nSPS) is 15.3. The van der Waals surface area contributed by atoms with Crippen molar-refractivity contribution in [2.75, 3.05) is 37.6 Å². The Morgan fingerprint density at radius 1 is 1.00 bits per heavy atom. The standard InChI is InChI=1S/C20H25N3O/c1-17-6-5-7-18(14-17)15-21-20(24)16-22-10-12-23(13-11-22)19-8-3-2-4-9-19/h2-9,14H,10-13,15-16H2,1H3,(H,21,24). The molecule has 0 saturated carbocycles. The molecular weight excluding hydrogens is 298 g/mol. The molecule has 24 heavy (non-hydrogen) atoms. The third-order valence-electron chi connectivity index (χ3n) is 4.43. The second-order valence-electron chi connectivity index (χ2n) is 6.36. The Kier molecular flexibility index (Phi) is 5.49. The van der Waals surface area contributed by atoms with Gasteiger partial charge in [-0.15, -0.1) is 0 Å². The average Bonchev–Trinajstić information content (AvgIpc) is 2.61. The Morgan fingerprint density at radius 2 is 1.75 bits per heavy atom. The lowest BCUT2D eigenvalue weighted by Gasteiger charge is -2.35. The predicted molar refractivity (Wildman–Crippen MR) is 98.1 cm³/mol. The molecule has 0 aliphatic carbocycles. The fourth-order valence-electron chi connectivity index (χ4n) is 3.08. The van der Waals surface area contributed by atoms with Gasteiger partial charge in [0.1, 0.15) is 0 Å². The molecule has 1 N–H and O–H groups in total. The van der Waals surface area contributed by atoms with Gasteiger partial charge >= 0.3 is 0 Å². The molecule has 0 aromatic heterocycles. The minimum atomic E-state index is 0.102. The summed E-state index contributed by atoms with van der Waals surface area (Å²) in [7, 11) is 0. The van der Waals surface area contributed by atoms with Crippen LogP contribution in [0, 0.1) is 6.92 Å². The van der Waals surface area contributed by atoms with Gasteiger partial charge in [-0.3, -0.25) is 9.69 Å². The van der Waals surface area contributed by atoms with Crippen LogP contribution in [0.25, 0.3) is 0 Å². The van der Waals surface area contributed by atoms with Gasteiger partial charge in [0.2, 0.25) is 5.91 Å². The number of nitrogens with zero attached hydrogens (tertiary/aromatic N) is 2. The van der Waals surface area contributed by atoms with E-state index in [2.05, 4.69) is 58.4 Å². The van der Waals surface area contributed by atoms with Gasteiger partial charge in [-0.05, 0) is 24.6 Å². The summed E-state index contributed by atoms with van der Waals surface area (Å²) in [5, 5.41) is 3.02. The van der Waals surface area contributed by atoms with E-state index in [-0.39, 0.29) is 5.91 Å². The molecule has 0 spiro atoms. The molecule has 2 aromatic rings. The predicted octanol–water partition coefficient (Wildman–Crippen LogP) is 2.43. The van der Waals surface area contributed by atoms with E-state index in [1.54, 1.807) is 0 Å². The highest BCUT2D eigenvalue weighted by Gasteiger charge is 2.18. The number of hydrogen-bond donors (Lipinski definition) is 1. The van der Waals surface area contributed by atoms with E-state index < -0.39 is 0 Å². The maximum absolute atomic E-state index is 12.2. The number of nitrogens with one attached hydrogen (secondary N) is 1. The lowest BCUT2D eigenvalue weighted by molar-refractivity contribution is -0.122. The zero-order valence-corrected chi connectivity index (χ0v) is 14.2. The van der Waals surface area contributed by atoms with Gasteiger partial charge in [-0.2, -0.15) is 0 Å². The largest absolute Gasteiger partial charge is 0.369 e. The van der Waals surface area contributed by atoms with E-state index in [0.717, 1.165) is 31.7 Å². The molecule has 1 fully saturated rings. The molecule has 0 bridgehead atoms. The van der Waals surface area contributed by atoms with E-state index in [1.165, 1.54) is 11.3 Å². The van der Waals surface area contributed by atoms with Crippen molar-refractivity contribution in [1.82, 2.24) is 10.2 Å². The van der Waals surface area contributed by atoms with Gasteiger partial charge in [0.25, 0.3) is 0 Å². The summed E-state index contributed by atoms with van der Waals surface area (Å²) < 4.78 is 0. The maximum atomic E-state index is 12.2. The third kappa shape index (κ3) is 4.59. The fourth-order valence-corrected chi connectivity index (χ4v) is 3.08.